The topological polar surface area (TPSA) is 45.2 Å². The van der Waals surface area contributed by atoms with Crippen LogP contribution in [-0.4, -0.2) is 23.2 Å². The molecule has 78 valence electrons. The van der Waals surface area contributed by atoms with Crippen molar-refractivity contribution in [2.45, 2.75) is 37.3 Å². The first-order valence-corrected chi connectivity index (χ1v) is 5.94. The van der Waals surface area contributed by atoms with Gasteiger partial charge in [-0.05, 0) is 19.9 Å². The molecule has 1 heterocycles. The van der Waals surface area contributed by atoms with Gasteiger partial charge in [-0.25, -0.2) is 4.98 Å². The Morgan fingerprint density at radius 3 is 3.07 bits per heavy atom. The van der Waals surface area contributed by atoms with Gasteiger partial charge < -0.3 is 10.4 Å². The van der Waals surface area contributed by atoms with Crippen molar-refractivity contribution in [2.24, 2.45) is 0 Å². The first-order chi connectivity index (χ1) is 6.79. The van der Waals surface area contributed by atoms with E-state index in [1.165, 1.54) is 0 Å². The number of likely N-dealkylation sites (N-methyl/N-ethyl adjacent to an activating group) is 1. The summed E-state index contributed by atoms with van der Waals surface area (Å²) in [7, 11) is 1.91. The predicted molar refractivity (Wildman–Crippen MR) is 57.3 cm³/mol. The molecule has 2 rings (SSSR count). The number of aliphatic hydroxyl groups excluding tert-OH is 1. The van der Waals surface area contributed by atoms with Crippen LogP contribution >= 0.6 is 11.3 Å². The van der Waals surface area contributed by atoms with Crippen LogP contribution in [0.15, 0.2) is 11.6 Å². The van der Waals surface area contributed by atoms with Gasteiger partial charge in [0, 0.05) is 11.6 Å². The van der Waals surface area contributed by atoms with Crippen LogP contribution in [-0.2, 0) is 5.54 Å². The molecule has 0 spiro atoms. The summed E-state index contributed by atoms with van der Waals surface area (Å²) in [6.45, 7) is 0. The number of nitrogens with one attached hydrogen (secondary N) is 1. The molecule has 4 heteroatoms. The molecule has 1 aliphatic rings. The molecule has 14 heavy (non-hydrogen) atoms. The molecule has 1 saturated carbocycles. The largest absolute Gasteiger partial charge is 0.391 e. The van der Waals surface area contributed by atoms with Crippen LogP contribution in [0.1, 0.15) is 30.7 Å². The summed E-state index contributed by atoms with van der Waals surface area (Å²) in [6, 6.07) is 0. The highest BCUT2D eigenvalue weighted by Gasteiger charge is 2.42. The molecular weight excluding hydrogens is 196 g/mol. The molecule has 0 radical (unpaired) electrons. The molecule has 1 aliphatic carbocycles. The third-order valence-corrected chi connectivity index (χ3v) is 4.08. The van der Waals surface area contributed by atoms with Gasteiger partial charge in [-0.3, -0.25) is 0 Å². The average Bonchev–Trinajstić information content (AvgIpc) is 2.72. The molecule has 0 aliphatic heterocycles. The van der Waals surface area contributed by atoms with E-state index in [0.717, 1.165) is 30.7 Å². The summed E-state index contributed by atoms with van der Waals surface area (Å²) in [5.74, 6) is 0. The van der Waals surface area contributed by atoms with E-state index in [0.29, 0.717) is 0 Å². The fourth-order valence-electron chi connectivity index (χ4n) is 2.25. The highest BCUT2D eigenvalue weighted by atomic mass is 32.1. The van der Waals surface area contributed by atoms with Gasteiger partial charge in [-0.1, -0.05) is 12.8 Å². The van der Waals surface area contributed by atoms with Gasteiger partial charge in [-0.15, -0.1) is 11.3 Å². The molecule has 1 aromatic rings. The van der Waals surface area contributed by atoms with Crippen LogP contribution in [0.25, 0.3) is 0 Å². The maximum Gasteiger partial charge on any atom is 0.115 e. The maximum absolute atomic E-state index is 10.1. The van der Waals surface area contributed by atoms with Gasteiger partial charge in [0.25, 0.3) is 0 Å². The number of hydrogen-bond donors (Lipinski definition) is 2. The number of nitrogens with zero attached hydrogens (tertiary/aromatic N) is 1. The van der Waals surface area contributed by atoms with E-state index in [4.69, 9.17) is 0 Å². The molecule has 1 fully saturated rings. The summed E-state index contributed by atoms with van der Waals surface area (Å²) in [5.41, 5.74) is -0.285. The molecule has 3 nitrogen and oxygen atoms in total. The minimum atomic E-state index is -0.299. The summed E-state index contributed by atoms with van der Waals surface area (Å²) in [4.78, 5) is 4.33. The fraction of sp³-hybridized carbons (Fsp3) is 0.700. The van der Waals surface area contributed by atoms with Gasteiger partial charge in [0.2, 0.25) is 0 Å². The van der Waals surface area contributed by atoms with Crippen LogP contribution in [0.4, 0.5) is 0 Å². The SMILES string of the molecule is CN[C@]1(c2nccs2)CCCCC1O. The highest BCUT2D eigenvalue weighted by Crippen LogP contribution is 2.37. The lowest BCUT2D eigenvalue weighted by Crippen LogP contribution is -2.51. The second-order valence-corrected chi connectivity index (χ2v) is 4.71. The summed E-state index contributed by atoms with van der Waals surface area (Å²) in [6.07, 6.45) is 5.65. The van der Waals surface area contributed by atoms with Gasteiger partial charge in [0.05, 0.1) is 11.6 Å². The maximum atomic E-state index is 10.1. The van der Waals surface area contributed by atoms with Crippen molar-refractivity contribution >= 4 is 11.3 Å². The third kappa shape index (κ3) is 1.47. The highest BCUT2D eigenvalue weighted by molar-refractivity contribution is 7.09. The van der Waals surface area contributed by atoms with Crippen molar-refractivity contribution in [1.82, 2.24) is 10.3 Å². The molecule has 0 amide bonds. The zero-order valence-electron chi connectivity index (χ0n) is 8.36. The van der Waals surface area contributed by atoms with Crippen LogP contribution < -0.4 is 5.32 Å². The standard InChI is InChI=1S/C10H16N2OS/c1-11-10(9-12-6-7-14-9)5-3-2-4-8(10)13/h6-8,11,13H,2-5H2,1H3/t8?,10-/m1/s1. The minimum Gasteiger partial charge on any atom is -0.391 e. The first-order valence-electron chi connectivity index (χ1n) is 5.06. The number of aromatic nitrogens is 1. The van der Waals surface area contributed by atoms with Crippen molar-refractivity contribution in [3.63, 3.8) is 0 Å². The minimum absolute atomic E-state index is 0.285. The fourth-order valence-corrected chi connectivity index (χ4v) is 3.17. The molecular formula is C10H16N2OS. The van der Waals surface area contributed by atoms with Crippen LogP contribution in [0.2, 0.25) is 0 Å². The Morgan fingerprint density at radius 1 is 1.64 bits per heavy atom. The van der Waals surface area contributed by atoms with E-state index in [1.807, 2.05) is 12.4 Å². The Bertz CT molecular complexity index is 288. The molecule has 2 atom stereocenters. The van der Waals surface area contributed by atoms with E-state index in [1.54, 1.807) is 17.5 Å². The van der Waals surface area contributed by atoms with Crippen LogP contribution in [0.3, 0.4) is 0 Å². The lowest BCUT2D eigenvalue weighted by molar-refractivity contribution is 0.0251. The predicted octanol–water partition coefficient (Wildman–Crippen LogP) is 1.49. The van der Waals surface area contributed by atoms with Crippen LogP contribution in [0.5, 0.6) is 0 Å². The third-order valence-electron chi connectivity index (χ3n) is 3.13. The monoisotopic (exact) mass is 212 g/mol. The lowest BCUT2D eigenvalue weighted by atomic mass is 9.79. The molecule has 0 bridgehead atoms. The van der Waals surface area contributed by atoms with E-state index in [2.05, 4.69) is 10.3 Å². The quantitative estimate of drug-likeness (QED) is 0.780. The Kier molecular flexibility index (Phi) is 2.85. The van der Waals surface area contributed by atoms with Crippen molar-refractivity contribution < 1.29 is 5.11 Å². The number of rotatable bonds is 2. The van der Waals surface area contributed by atoms with Gasteiger partial charge >= 0.3 is 0 Å². The average molecular weight is 212 g/mol. The molecule has 2 N–H and O–H groups in total. The summed E-state index contributed by atoms with van der Waals surface area (Å²) >= 11 is 1.62. The van der Waals surface area contributed by atoms with Gasteiger partial charge in [-0.2, -0.15) is 0 Å². The van der Waals surface area contributed by atoms with E-state index in [9.17, 15) is 5.11 Å². The Labute approximate surface area is 88.2 Å². The van der Waals surface area contributed by atoms with Crippen molar-refractivity contribution in [2.75, 3.05) is 7.05 Å². The smallest absolute Gasteiger partial charge is 0.115 e. The normalized spacial score (nSPS) is 33.1. The molecule has 0 aromatic carbocycles. The molecule has 0 saturated heterocycles. The second-order valence-electron chi connectivity index (χ2n) is 3.82. The van der Waals surface area contributed by atoms with Crippen molar-refractivity contribution in [3.8, 4) is 0 Å². The summed E-state index contributed by atoms with van der Waals surface area (Å²) in [5, 5.41) is 16.4. The van der Waals surface area contributed by atoms with Gasteiger partial charge in [0.15, 0.2) is 0 Å². The van der Waals surface area contributed by atoms with Gasteiger partial charge in [0.1, 0.15) is 5.01 Å². The zero-order valence-corrected chi connectivity index (χ0v) is 9.18. The van der Waals surface area contributed by atoms with Crippen molar-refractivity contribution in [1.29, 1.82) is 0 Å². The molecule has 1 unspecified atom stereocenters. The Balaban J connectivity index is 2.32. The van der Waals surface area contributed by atoms with E-state index in [-0.39, 0.29) is 11.6 Å². The first kappa shape index (κ1) is 10.1. The number of hydrogen-bond acceptors (Lipinski definition) is 4. The van der Waals surface area contributed by atoms with Crippen molar-refractivity contribution in [3.05, 3.63) is 16.6 Å². The van der Waals surface area contributed by atoms with E-state index < -0.39 is 0 Å². The second kappa shape index (κ2) is 3.96. The summed E-state index contributed by atoms with van der Waals surface area (Å²) < 4.78 is 0. The number of aliphatic hydroxyl groups is 1. The Hall–Kier alpha value is -0.450. The van der Waals surface area contributed by atoms with E-state index >= 15 is 0 Å². The Morgan fingerprint density at radius 2 is 2.50 bits per heavy atom. The van der Waals surface area contributed by atoms with Crippen LogP contribution in [0, 0.1) is 0 Å². The zero-order chi connectivity index (χ0) is 10.0. The lowest BCUT2D eigenvalue weighted by Gasteiger charge is -2.39. The number of thiazole rings is 1. The molecule has 1 aromatic heterocycles.